The van der Waals surface area contributed by atoms with Crippen LogP contribution in [0.2, 0.25) is 0 Å². The molecule has 0 bridgehead atoms. The zero-order valence-corrected chi connectivity index (χ0v) is 29.2. The normalized spacial score (nSPS) is 3.40. The third kappa shape index (κ3) is 20.6. The van der Waals surface area contributed by atoms with E-state index in [0.29, 0.717) is 113 Å². The quantitative estimate of drug-likeness (QED) is 0.304. The fourth-order valence-electron chi connectivity index (χ4n) is 1.06. The Morgan fingerprint density at radius 3 is 1.10 bits per heavy atom. The second-order valence-corrected chi connectivity index (χ2v) is 198. The van der Waals surface area contributed by atoms with Gasteiger partial charge in [0.1, 0.15) is 0 Å². The standard InChI is InChI=1S/10Ca. The monoisotopic (exact) mass is 400 g/mol. The average molecular weight is 401 g/mol. The van der Waals surface area contributed by atoms with E-state index in [0.717, 1.165) is 0 Å². The Morgan fingerprint density at radius 1 is 0.500 bits per heavy atom. The molecule has 0 saturated carbocycles. The molecule has 0 aromatic carbocycles. The van der Waals surface area contributed by atoms with Gasteiger partial charge >= 0.3 is 165 Å². The van der Waals surface area contributed by atoms with E-state index in [1.165, 1.54) is 0 Å². The fourth-order valence-corrected chi connectivity index (χ4v) is 1260. The SMILES string of the molecule is [Ca][Ca][Ca][Ca][Ca][Ca][Ca][Ca][Ca][Ca]. The molecule has 20 valence electrons. The van der Waals surface area contributed by atoms with Crippen LogP contribution in [0.25, 0.3) is 0 Å². The first-order chi connectivity index (χ1) is 4.91. The van der Waals surface area contributed by atoms with Crippen molar-refractivity contribution in [1.82, 2.24) is 0 Å². The van der Waals surface area contributed by atoms with Gasteiger partial charge in [-0.2, -0.15) is 0 Å². The molecule has 10 heavy (non-hydrogen) atoms. The summed E-state index contributed by atoms with van der Waals surface area (Å²) < 4.78 is 0. The topological polar surface area (TPSA) is 0 Å². The number of hydrogen-bond acceptors (Lipinski definition) is 0. The summed E-state index contributed by atoms with van der Waals surface area (Å²) in [4.78, 5) is 0. The molecule has 0 aromatic heterocycles. The maximum atomic E-state index is 1.90. The van der Waals surface area contributed by atoms with Gasteiger partial charge in [-0.05, 0) is 0 Å². The molecule has 0 atom stereocenters. The Kier molecular flexibility index (Phi) is 48.8. The van der Waals surface area contributed by atoms with Crippen LogP contribution in [0.5, 0.6) is 0 Å². The second kappa shape index (κ2) is 21.6. The Labute approximate surface area is 150 Å². The average Bonchev–Trinajstić information content (AvgIpc) is 1.97. The summed E-state index contributed by atoms with van der Waals surface area (Å²) in [6.07, 6.45) is 0. The van der Waals surface area contributed by atoms with E-state index in [2.05, 4.69) is 0 Å². The van der Waals surface area contributed by atoms with Gasteiger partial charge in [0.05, 0.1) is 0 Å². The maximum absolute atomic E-state index is 1.90. The molecule has 0 unspecified atom stereocenters. The molecule has 0 saturated heterocycles. The predicted octanol–water partition coefficient (Wildman–Crippen LogP) is -3.81. The third-order valence-corrected chi connectivity index (χ3v) is 506. The Hall–Kier alpha value is 12.6. The first-order valence-corrected chi connectivity index (χ1v) is 76.5. The third-order valence-electron chi connectivity index (χ3n) is 1.75. The minimum atomic E-state index is 0.553. The summed E-state index contributed by atoms with van der Waals surface area (Å²) in [6.45, 7) is 0. The zero-order valence-electron chi connectivity index (χ0n) is 7.07. The van der Waals surface area contributed by atoms with E-state index >= 15 is 0 Å². The molecule has 0 spiro atoms. The van der Waals surface area contributed by atoms with Crippen LogP contribution in [0.1, 0.15) is 0 Å². The van der Waals surface area contributed by atoms with E-state index in [1.807, 2.05) is 51.9 Å². The molecule has 0 N–H and O–H groups in total. The Balaban J connectivity index is 2.65. The molecule has 0 rings (SSSR count). The van der Waals surface area contributed by atoms with Crippen molar-refractivity contribution >= 4 is 165 Å². The number of rotatable bonds is 7. The summed E-state index contributed by atoms with van der Waals surface area (Å²) in [5.41, 5.74) is 0. The predicted molar refractivity (Wildman–Crippen MR) is 57.5 cm³/mol. The van der Waals surface area contributed by atoms with Gasteiger partial charge in [-0.1, -0.05) is 0 Å². The van der Waals surface area contributed by atoms with E-state index in [4.69, 9.17) is 0 Å². The molecule has 0 aliphatic rings. The first-order valence-electron chi connectivity index (χ1n) is 4.50. The Morgan fingerprint density at radius 2 is 0.800 bits per heavy atom. The minimum absolute atomic E-state index is 0.553. The van der Waals surface area contributed by atoms with Gasteiger partial charge in [0.25, 0.3) is 0 Å². The van der Waals surface area contributed by atoms with Crippen LogP contribution >= 0.6 is 0 Å². The van der Waals surface area contributed by atoms with Gasteiger partial charge in [0, 0.05) is 0 Å². The van der Waals surface area contributed by atoms with E-state index in [-0.39, 0.29) is 0 Å². The van der Waals surface area contributed by atoms with E-state index in [1.54, 1.807) is 0 Å². The van der Waals surface area contributed by atoms with Crippen LogP contribution in [0, 0.1) is 0 Å². The van der Waals surface area contributed by atoms with Crippen LogP contribution in [-0.4, -0.2) is 165 Å². The molecule has 0 amide bonds. The molecule has 0 aromatic rings. The molecule has 0 heterocycles. The summed E-state index contributed by atoms with van der Waals surface area (Å²) in [5.74, 6) is 0. The van der Waals surface area contributed by atoms with Crippen LogP contribution in [0.3, 0.4) is 0 Å². The van der Waals surface area contributed by atoms with Crippen molar-refractivity contribution < 1.29 is 0 Å². The van der Waals surface area contributed by atoms with Crippen molar-refractivity contribution in [2.24, 2.45) is 0 Å². The van der Waals surface area contributed by atoms with Gasteiger partial charge in [-0.15, -0.1) is 0 Å². The van der Waals surface area contributed by atoms with Gasteiger partial charge in [0.2, 0.25) is 0 Å². The van der Waals surface area contributed by atoms with Gasteiger partial charge < -0.3 is 0 Å². The second-order valence-electron chi connectivity index (χ2n) is 2.83. The van der Waals surface area contributed by atoms with Crippen LogP contribution in [0.4, 0.5) is 0 Å². The van der Waals surface area contributed by atoms with Crippen molar-refractivity contribution in [3.63, 3.8) is 0 Å². The first kappa shape index (κ1) is 22.6. The molecule has 0 aliphatic heterocycles. The van der Waals surface area contributed by atoms with Crippen molar-refractivity contribution in [1.29, 1.82) is 0 Å². The zero-order chi connectivity index (χ0) is 7.66. The molecule has 0 nitrogen and oxygen atoms in total. The van der Waals surface area contributed by atoms with Crippen LogP contribution in [0.15, 0.2) is 0 Å². The van der Waals surface area contributed by atoms with Crippen molar-refractivity contribution in [3.8, 4) is 0 Å². The van der Waals surface area contributed by atoms with E-state index < -0.39 is 0 Å². The van der Waals surface area contributed by atoms with Crippen molar-refractivity contribution in [2.45, 2.75) is 0 Å². The van der Waals surface area contributed by atoms with Gasteiger partial charge in [-0.3, -0.25) is 0 Å². The summed E-state index contributed by atoms with van der Waals surface area (Å²) >= 11 is 9.00. The fraction of sp³-hybridized carbons (Fsp3) is 0. The van der Waals surface area contributed by atoms with Gasteiger partial charge in [-0.25, -0.2) is 0 Å². The van der Waals surface area contributed by atoms with Crippen LogP contribution < -0.4 is 0 Å². The van der Waals surface area contributed by atoms with Crippen molar-refractivity contribution in [3.05, 3.63) is 0 Å². The molecular formula is Ca10. The summed E-state index contributed by atoms with van der Waals surface area (Å²) in [6, 6.07) is 0. The molecule has 0 aliphatic carbocycles. The Bertz CT molecular complexity index is 40.0. The van der Waals surface area contributed by atoms with Gasteiger partial charge in [0.15, 0.2) is 0 Å². The van der Waals surface area contributed by atoms with Crippen molar-refractivity contribution in [2.75, 3.05) is 0 Å². The molecule has 0 fully saturated rings. The molecule has 10 heteroatoms. The van der Waals surface area contributed by atoms with E-state index in [9.17, 15) is 0 Å². The van der Waals surface area contributed by atoms with Crippen LogP contribution in [-0.2, 0) is 0 Å². The summed E-state index contributed by atoms with van der Waals surface area (Å²) in [5, 5.41) is 0. The summed E-state index contributed by atoms with van der Waals surface area (Å²) in [7, 11) is 0. The number of hydrogen-bond donors (Lipinski definition) is 0. The molecule has 2 radical (unpaired) electrons. The molecular weight excluding hydrogens is 401 g/mol.